The Morgan fingerprint density at radius 1 is 1.19 bits per heavy atom. The van der Waals surface area contributed by atoms with Crippen LogP contribution in [0, 0.1) is 16.7 Å². The van der Waals surface area contributed by atoms with Crippen LogP contribution in [0.4, 0.5) is 10.6 Å². The van der Waals surface area contributed by atoms with E-state index in [-0.39, 0.29) is 40.3 Å². The average Bonchev–Trinajstić information content (AvgIpc) is 3.53. The topological polar surface area (TPSA) is 104 Å². The number of aromatic nitrogens is 2. The summed E-state index contributed by atoms with van der Waals surface area (Å²) in [6, 6.07) is 2.35. The number of nitrogens with zero attached hydrogens (tertiary/aromatic N) is 6. The van der Waals surface area contributed by atoms with Crippen molar-refractivity contribution in [3.05, 3.63) is 10.7 Å². The molecule has 3 saturated heterocycles. The van der Waals surface area contributed by atoms with E-state index in [4.69, 9.17) is 25.8 Å². The fraction of sp³-hybridized carbons (Fsp3) is 0.760. The number of piperazine rings is 1. The number of hydrogen-bond acceptors (Lipinski definition) is 9. The Hall–Kier alpha value is -2.35. The van der Waals surface area contributed by atoms with Gasteiger partial charge in [-0.15, -0.1) is 0 Å². The zero-order chi connectivity index (χ0) is 25.5. The lowest BCUT2D eigenvalue weighted by Gasteiger charge is -2.42. The molecule has 5 rings (SSSR count). The van der Waals surface area contributed by atoms with Crippen LogP contribution in [0.5, 0.6) is 6.01 Å². The van der Waals surface area contributed by atoms with Crippen LogP contribution in [0.15, 0.2) is 0 Å². The summed E-state index contributed by atoms with van der Waals surface area (Å²) in [5, 5.41) is 9.90. The van der Waals surface area contributed by atoms with Gasteiger partial charge in [0.25, 0.3) is 0 Å². The van der Waals surface area contributed by atoms with Crippen LogP contribution in [-0.2, 0) is 9.47 Å². The molecule has 1 aromatic heterocycles. The van der Waals surface area contributed by atoms with E-state index in [1.807, 2.05) is 30.6 Å². The van der Waals surface area contributed by atoms with Gasteiger partial charge in [-0.3, -0.25) is 9.80 Å². The van der Waals surface area contributed by atoms with Crippen molar-refractivity contribution >= 4 is 23.5 Å². The number of hydrogen-bond donors (Lipinski definition) is 0. The van der Waals surface area contributed by atoms with Gasteiger partial charge in [0.15, 0.2) is 11.0 Å². The molecule has 1 amide bonds. The van der Waals surface area contributed by atoms with Gasteiger partial charge in [0.1, 0.15) is 17.2 Å². The minimum absolute atomic E-state index is 0.00786. The van der Waals surface area contributed by atoms with Crippen molar-refractivity contribution < 1.29 is 19.0 Å². The smallest absolute Gasteiger partial charge is 0.410 e. The predicted molar refractivity (Wildman–Crippen MR) is 133 cm³/mol. The normalized spacial score (nSPS) is 25.4. The van der Waals surface area contributed by atoms with Gasteiger partial charge in [-0.1, -0.05) is 11.6 Å². The minimum atomic E-state index is -0.547. The summed E-state index contributed by atoms with van der Waals surface area (Å²) in [6.07, 6.45) is 3.70. The van der Waals surface area contributed by atoms with Gasteiger partial charge in [-0.2, -0.15) is 15.2 Å². The molecular formula is C25H35ClN6O4. The molecule has 4 fully saturated rings. The monoisotopic (exact) mass is 518 g/mol. The first-order chi connectivity index (χ1) is 17.2. The fourth-order valence-electron chi connectivity index (χ4n) is 5.46. The van der Waals surface area contributed by atoms with E-state index in [2.05, 4.69) is 20.9 Å². The van der Waals surface area contributed by atoms with Crippen LogP contribution in [0.3, 0.4) is 0 Å². The molecule has 1 saturated carbocycles. The minimum Gasteiger partial charge on any atom is -0.463 e. The van der Waals surface area contributed by atoms with Crippen LogP contribution in [0.1, 0.15) is 52.0 Å². The second-order valence-electron chi connectivity index (χ2n) is 11.5. The predicted octanol–water partition coefficient (Wildman–Crippen LogP) is 3.08. The number of fused-ring (bicyclic) bond motifs is 2. The van der Waals surface area contributed by atoms with Crippen molar-refractivity contribution in [2.24, 2.45) is 5.41 Å². The molecule has 0 aromatic carbocycles. The molecule has 10 nitrogen and oxygen atoms in total. The Morgan fingerprint density at radius 2 is 1.86 bits per heavy atom. The van der Waals surface area contributed by atoms with E-state index in [1.54, 1.807) is 0 Å². The van der Waals surface area contributed by atoms with E-state index in [0.29, 0.717) is 25.5 Å². The molecule has 1 aliphatic carbocycles. The average molecular weight is 519 g/mol. The maximum absolute atomic E-state index is 12.8. The highest BCUT2D eigenvalue weighted by Crippen LogP contribution is 2.46. The SMILES string of the molecule is CC(C)(C)OC(=O)N1[C@@H]2CC[C@H]1CN(c1nc(OCC3(CN4CCOCC4)CC3)nc(Cl)c1C#N)C2. The standard InChI is InChI=1S/C25H35ClN6O4/c1-24(2,3)36-23(33)32-17-4-5-18(32)14-31(13-17)21-19(12-27)20(26)28-22(29-21)35-16-25(6-7-25)15-30-8-10-34-11-9-30/h17-18H,4-11,13-16H2,1-3H3/t17-,18+. The first-order valence-electron chi connectivity index (χ1n) is 12.8. The molecule has 0 spiro atoms. The first-order valence-corrected chi connectivity index (χ1v) is 13.2. The number of carbonyl (C=O) groups is 1. The van der Waals surface area contributed by atoms with Gasteiger partial charge in [-0.25, -0.2) is 4.79 Å². The van der Waals surface area contributed by atoms with Crippen molar-refractivity contribution in [2.75, 3.05) is 57.4 Å². The molecule has 196 valence electrons. The molecule has 0 unspecified atom stereocenters. The van der Waals surface area contributed by atoms with Crippen LogP contribution >= 0.6 is 11.6 Å². The molecule has 0 N–H and O–H groups in total. The number of anilines is 1. The lowest BCUT2D eigenvalue weighted by Crippen LogP contribution is -2.57. The summed E-state index contributed by atoms with van der Waals surface area (Å²) in [7, 11) is 0. The number of nitriles is 1. The highest BCUT2D eigenvalue weighted by molar-refractivity contribution is 6.30. The molecule has 3 aliphatic heterocycles. The van der Waals surface area contributed by atoms with Crippen LogP contribution in [0.2, 0.25) is 5.15 Å². The first kappa shape index (κ1) is 25.3. The molecule has 4 heterocycles. The summed E-state index contributed by atoms with van der Waals surface area (Å²) in [5.74, 6) is 0.478. The van der Waals surface area contributed by atoms with Crippen molar-refractivity contribution in [3.63, 3.8) is 0 Å². The van der Waals surface area contributed by atoms with Crippen LogP contribution in [0.25, 0.3) is 0 Å². The quantitative estimate of drug-likeness (QED) is 0.525. The molecule has 2 bridgehead atoms. The van der Waals surface area contributed by atoms with Crippen LogP contribution < -0.4 is 9.64 Å². The second-order valence-corrected chi connectivity index (χ2v) is 11.8. The summed E-state index contributed by atoms with van der Waals surface area (Å²) < 4.78 is 17.2. The van der Waals surface area contributed by atoms with Gasteiger partial charge in [0, 0.05) is 38.1 Å². The third kappa shape index (κ3) is 5.48. The second kappa shape index (κ2) is 9.84. The summed E-state index contributed by atoms with van der Waals surface area (Å²) >= 11 is 6.43. The van der Waals surface area contributed by atoms with Crippen molar-refractivity contribution in [2.45, 2.75) is 64.1 Å². The summed E-state index contributed by atoms with van der Waals surface area (Å²) in [4.78, 5) is 28.1. The highest BCUT2D eigenvalue weighted by Gasteiger charge is 2.46. The van der Waals surface area contributed by atoms with E-state index in [0.717, 1.165) is 58.5 Å². The zero-order valence-corrected chi connectivity index (χ0v) is 22.1. The Morgan fingerprint density at radius 3 is 2.44 bits per heavy atom. The van der Waals surface area contributed by atoms with E-state index in [9.17, 15) is 10.1 Å². The Labute approximate surface area is 217 Å². The van der Waals surface area contributed by atoms with E-state index in [1.165, 1.54) is 0 Å². The van der Waals surface area contributed by atoms with E-state index >= 15 is 0 Å². The van der Waals surface area contributed by atoms with Gasteiger partial charge in [0.05, 0.1) is 31.9 Å². The molecule has 0 radical (unpaired) electrons. The number of halogens is 1. The van der Waals surface area contributed by atoms with Gasteiger partial charge >= 0.3 is 12.1 Å². The molecular weight excluding hydrogens is 484 g/mol. The van der Waals surface area contributed by atoms with Crippen LogP contribution in [-0.4, -0.2) is 96.1 Å². The largest absolute Gasteiger partial charge is 0.463 e. The summed E-state index contributed by atoms with van der Waals surface area (Å²) in [5.41, 5.74) is -0.197. The van der Waals surface area contributed by atoms with Crippen molar-refractivity contribution in [1.82, 2.24) is 19.8 Å². The van der Waals surface area contributed by atoms with Gasteiger partial charge < -0.3 is 19.1 Å². The molecule has 4 aliphatic rings. The number of rotatable bonds is 6. The number of morpholine rings is 1. The summed E-state index contributed by atoms with van der Waals surface area (Å²) in [6.45, 7) is 11.7. The number of amides is 1. The number of ether oxygens (including phenoxy) is 3. The number of carbonyl (C=O) groups excluding carboxylic acids is 1. The lowest BCUT2D eigenvalue weighted by molar-refractivity contribution is 0.0122. The van der Waals surface area contributed by atoms with Gasteiger partial charge in [-0.05, 0) is 46.5 Å². The Bertz CT molecular complexity index is 1020. The van der Waals surface area contributed by atoms with Gasteiger partial charge in [0.2, 0.25) is 0 Å². The Balaban J connectivity index is 1.28. The van der Waals surface area contributed by atoms with Crippen molar-refractivity contribution in [3.8, 4) is 12.1 Å². The maximum Gasteiger partial charge on any atom is 0.410 e. The van der Waals surface area contributed by atoms with Crippen molar-refractivity contribution in [1.29, 1.82) is 5.26 Å². The molecule has 11 heteroatoms. The van der Waals surface area contributed by atoms with E-state index < -0.39 is 5.60 Å². The molecule has 2 atom stereocenters. The highest BCUT2D eigenvalue weighted by atomic mass is 35.5. The third-order valence-corrected chi connectivity index (χ3v) is 7.72. The molecule has 1 aromatic rings. The molecule has 36 heavy (non-hydrogen) atoms. The lowest BCUT2D eigenvalue weighted by atomic mass is 10.1. The Kier molecular flexibility index (Phi) is 6.92. The maximum atomic E-state index is 12.8. The fourth-order valence-corrected chi connectivity index (χ4v) is 5.66. The zero-order valence-electron chi connectivity index (χ0n) is 21.3. The third-order valence-electron chi connectivity index (χ3n) is 7.45.